The Morgan fingerprint density at radius 1 is 1.37 bits per heavy atom. The second-order valence-corrected chi connectivity index (χ2v) is 6.60. The molecule has 0 saturated carbocycles. The third kappa shape index (κ3) is 2.44. The van der Waals surface area contributed by atoms with Gasteiger partial charge in [-0.3, -0.25) is 0 Å². The van der Waals surface area contributed by atoms with Gasteiger partial charge in [0.2, 0.25) is 0 Å². The molecule has 0 aliphatic carbocycles. The molecule has 5 heteroatoms. The average Bonchev–Trinajstić information content (AvgIpc) is 2.41. The molecule has 0 radical (unpaired) electrons. The molecule has 1 aliphatic heterocycles. The van der Waals surface area contributed by atoms with Crippen LogP contribution in [0.4, 0.5) is 0 Å². The van der Waals surface area contributed by atoms with Crippen molar-refractivity contribution in [1.29, 1.82) is 0 Å². The Labute approximate surface area is 124 Å². The Hall–Kier alpha value is -1.20. The van der Waals surface area contributed by atoms with Gasteiger partial charge < -0.3 is 9.84 Å². The molecule has 3 nitrogen and oxygen atoms in total. The van der Waals surface area contributed by atoms with E-state index in [2.05, 4.69) is 27.8 Å². The number of phenols is 1. The van der Waals surface area contributed by atoms with Crippen LogP contribution < -0.4 is 4.74 Å². The summed E-state index contributed by atoms with van der Waals surface area (Å²) >= 11 is 5.05. The first kappa shape index (κ1) is 12.8. The molecule has 3 rings (SSSR count). The Morgan fingerprint density at radius 3 is 3.00 bits per heavy atom. The van der Waals surface area contributed by atoms with Crippen LogP contribution >= 0.6 is 27.7 Å². The second-order valence-electron chi connectivity index (χ2n) is 4.38. The molecule has 0 spiro atoms. The predicted molar refractivity (Wildman–Crippen MR) is 78.7 cm³/mol. The van der Waals surface area contributed by atoms with Gasteiger partial charge in [0, 0.05) is 11.4 Å². The highest BCUT2D eigenvalue weighted by atomic mass is 79.9. The van der Waals surface area contributed by atoms with Gasteiger partial charge in [-0.25, -0.2) is 4.98 Å². The fraction of sp³-hybridized carbons (Fsp3) is 0.214. The van der Waals surface area contributed by atoms with Gasteiger partial charge in [-0.05, 0) is 52.7 Å². The molecule has 1 N–H and O–H groups in total. The summed E-state index contributed by atoms with van der Waals surface area (Å²) in [4.78, 5) is 4.32. The van der Waals surface area contributed by atoms with Crippen molar-refractivity contribution in [2.75, 3.05) is 0 Å². The number of ether oxygens (including phenoxy) is 1. The zero-order chi connectivity index (χ0) is 13.4. The number of thioether (sulfide) groups is 1. The maximum absolute atomic E-state index is 9.56. The quantitative estimate of drug-likeness (QED) is 0.848. The summed E-state index contributed by atoms with van der Waals surface area (Å²) in [7, 11) is 0. The summed E-state index contributed by atoms with van der Waals surface area (Å²) in [6.07, 6.45) is 1.73. The van der Waals surface area contributed by atoms with Gasteiger partial charge in [-0.1, -0.05) is 17.8 Å². The molecular weight excluding hydrogens is 326 g/mol. The van der Waals surface area contributed by atoms with E-state index in [-0.39, 0.29) is 17.1 Å². The maximum Gasteiger partial charge on any atom is 0.152 e. The van der Waals surface area contributed by atoms with E-state index in [9.17, 15) is 5.11 Å². The van der Waals surface area contributed by atoms with Crippen LogP contribution in [0.3, 0.4) is 0 Å². The highest BCUT2D eigenvalue weighted by Gasteiger charge is 2.29. The molecule has 0 unspecified atom stereocenters. The Morgan fingerprint density at radius 2 is 2.21 bits per heavy atom. The highest BCUT2D eigenvalue weighted by molar-refractivity contribution is 9.10. The van der Waals surface area contributed by atoms with Gasteiger partial charge >= 0.3 is 0 Å². The molecule has 0 fully saturated rings. The van der Waals surface area contributed by atoms with Crippen LogP contribution in [0.25, 0.3) is 0 Å². The van der Waals surface area contributed by atoms with Gasteiger partial charge in [-0.15, -0.1) is 0 Å². The molecule has 0 bridgehead atoms. The molecule has 19 heavy (non-hydrogen) atoms. The van der Waals surface area contributed by atoms with Gasteiger partial charge in [0.25, 0.3) is 0 Å². The van der Waals surface area contributed by atoms with Crippen molar-refractivity contribution < 1.29 is 9.84 Å². The predicted octanol–water partition coefficient (Wildman–Crippen LogP) is 4.16. The van der Waals surface area contributed by atoms with Gasteiger partial charge in [-0.2, -0.15) is 0 Å². The second kappa shape index (κ2) is 5.06. The number of benzene rings is 1. The minimum absolute atomic E-state index is 0.0430. The summed E-state index contributed by atoms with van der Waals surface area (Å²) < 4.78 is 6.72. The van der Waals surface area contributed by atoms with E-state index < -0.39 is 0 Å². The smallest absolute Gasteiger partial charge is 0.152 e. The molecule has 1 aromatic heterocycles. The molecular formula is C14H12BrNO2S. The van der Waals surface area contributed by atoms with Gasteiger partial charge in [0.05, 0.1) is 4.47 Å². The number of aromatic nitrogens is 1. The SMILES string of the molecule is C[C@H]1Sc2ncccc2O[C@@H]1c1ccc(O)c(Br)c1. The molecule has 2 aromatic rings. The number of hydrogen-bond acceptors (Lipinski definition) is 4. The zero-order valence-corrected chi connectivity index (χ0v) is 12.6. The van der Waals surface area contributed by atoms with Crippen molar-refractivity contribution in [3.8, 4) is 11.5 Å². The highest BCUT2D eigenvalue weighted by Crippen LogP contribution is 2.44. The maximum atomic E-state index is 9.56. The number of nitrogens with zero attached hydrogens (tertiary/aromatic N) is 1. The topological polar surface area (TPSA) is 42.4 Å². The lowest BCUT2D eigenvalue weighted by atomic mass is 10.1. The molecule has 1 aliphatic rings. The van der Waals surface area contributed by atoms with Crippen molar-refractivity contribution >= 4 is 27.7 Å². The van der Waals surface area contributed by atoms with Crippen LogP contribution in [-0.2, 0) is 0 Å². The molecule has 1 aromatic carbocycles. The number of aromatic hydroxyl groups is 1. The standard InChI is InChI=1S/C14H12BrNO2S/c1-8-13(9-4-5-11(17)10(15)7-9)18-12-3-2-6-16-14(12)19-8/h2-8,13,17H,1H3/t8-,13+/m1/s1. The van der Waals surface area contributed by atoms with Crippen LogP contribution in [0.15, 0.2) is 46.0 Å². The lowest BCUT2D eigenvalue weighted by Crippen LogP contribution is -2.22. The number of halogens is 1. The summed E-state index contributed by atoms with van der Waals surface area (Å²) in [5.74, 6) is 1.06. The van der Waals surface area contributed by atoms with Crippen molar-refractivity contribution in [2.24, 2.45) is 0 Å². The normalized spacial score (nSPS) is 21.6. The fourth-order valence-corrected chi connectivity index (χ4v) is 3.50. The van der Waals surface area contributed by atoms with Crippen molar-refractivity contribution in [3.05, 3.63) is 46.6 Å². The lowest BCUT2D eigenvalue weighted by molar-refractivity contribution is 0.193. The molecule has 2 atom stereocenters. The van der Waals surface area contributed by atoms with Crippen LogP contribution in [0.5, 0.6) is 11.5 Å². The molecule has 0 amide bonds. The van der Waals surface area contributed by atoms with E-state index in [1.54, 1.807) is 24.0 Å². The third-order valence-corrected chi connectivity index (χ3v) is 4.80. The number of hydrogen-bond donors (Lipinski definition) is 1. The monoisotopic (exact) mass is 337 g/mol. The fourth-order valence-electron chi connectivity index (χ4n) is 2.06. The number of fused-ring (bicyclic) bond motifs is 1. The molecule has 0 saturated heterocycles. The van der Waals surface area contributed by atoms with Crippen LogP contribution in [-0.4, -0.2) is 15.3 Å². The summed E-state index contributed by atoms with van der Waals surface area (Å²) in [6.45, 7) is 2.12. The Balaban J connectivity index is 1.96. The lowest BCUT2D eigenvalue weighted by Gasteiger charge is -2.30. The van der Waals surface area contributed by atoms with Crippen LogP contribution in [0.1, 0.15) is 18.6 Å². The van der Waals surface area contributed by atoms with E-state index in [0.717, 1.165) is 16.3 Å². The Kier molecular flexibility index (Phi) is 3.41. The van der Waals surface area contributed by atoms with Gasteiger partial charge in [0.1, 0.15) is 16.9 Å². The first-order chi connectivity index (χ1) is 9.15. The summed E-state index contributed by atoms with van der Waals surface area (Å²) in [5, 5.41) is 10.8. The van der Waals surface area contributed by atoms with E-state index >= 15 is 0 Å². The zero-order valence-electron chi connectivity index (χ0n) is 10.2. The summed E-state index contributed by atoms with van der Waals surface area (Å²) in [6, 6.07) is 9.28. The van der Waals surface area contributed by atoms with Crippen LogP contribution in [0, 0.1) is 0 Å². The summed E-state index contributed by atoms with van der Waals surface area (Å²) in [5.41, 5.74) is 1.04. The van der Waals surface area contributed by atoms with Crippen molar-refractivity contribution in [2.45, 2.75) is 23.3 Å². The van der Waals surface area contributed by atoms with Crippen LogP contribution in [0.2, 0.25) is 0 Å². The van der Waals surface area contributed by atoms with E-state index in [1.807, 2.05) is 24.3 Å². The van der Waals surface area contributed by atoms with E-state index in [0.29, 0.717) is 4.47 Å². The molecule has 98 valence electrons. The first-order valence-electron chi connectivity index (χ1n) is 5.92. The number of rotatable bonds is 1. The van der Waals surface area contributed by atoms with Crippen molar-refractivity contribution in [3.63, 3.8) is 0 Å². The Bertz CT molecular complexity index is 620. The minimum atomic E-state index is -0.0430. The first-order valence-corrected chi connectivity index (χ1v) is 7.59. The minimum Gasteiger partial charge on any atom is -0.507 e. The molecule has 2 heterocycles. The third-order valence-electron chi connectivity index (χ3n) is 3.01. The van der Waals surface area contributed by atoms with E-state index in [4.69, 9.17) is 4.74 Å². The van der Waals surface area contributed by atoms with E-state index in [1.165, 1.54) is 0 Å². The average molecular weight is 338 g/mol. The van der Waals surface area contributed by atoms with Crippen molar-refractivity contribution in [1.82, 2.24) is 4.98 Å². The number of pyridine rings is 1. The van der Waals surface area contributed by atoms with Gasteiger partial charge in [0.15, 0.2) is 5.75 Å². The number of phenolic OH excluding ortho intramolecular Hbond substituents is 1. The largest absolute Gasteiger partial charge is 0.507 e.